The van der Waals surface area contributed by atoms with Crippen LogP contribution in [0.3, 0.4) is 0 Å². The van der Waals surface area contributed by atoms with Gasteiger partial charge in [0.25, 0.3) is 0 Å². The van der Waals surface area contributed by atoms with E-state index in [1.165, 1.54) is 13.2 Å². The van der Waals surface area contributed by atoms with Crippen molar-refractivity contribution < 1.29 is 21.2 Å². The van der Waals surface area contributed by atoms with E-state index >= 15 is 0 Å². The van der Waals surface area contributed by atoms with E-state index in [0.717, 1.165) is 11.3 Å². The van der Waals surface area contributed by atoms with Crippen molar-refractivity contribution in [3.63, 3.8) is 0 Å². The number of aryl methyl sites for hydroxylation is 2. The highest BCUT2D eigenvalue weighted by Gasteiger charge is 2.34. The van der Waals surface area contributed by atoms with Crippen LogP contribution in [-0.4, -0.2) is 55.4 Å². The number of piperidine rings is 1. The molecule has 0 aliphatic carbocycles. The van der Waals surface area contributed by atoms with Gasteiger partial charge in [-0.25, -0.2) is 13.6 Å². The maximum Gasteiger partial charge on any atom is 0.319 e. The molecule has 3 rings (SSSR count). The molecule has 194 valence electrons. The number of alkyl halides is 1. The van der Waals surface area contributed by atoms with Gasteiger partial charge in [0.15, 0.2) is 0 Å². The fourth-order valence-electron chi connectivity index (χ4n) is 4.00. The molecule has 1 aromatic heterocycles. The molecular weight excluding hydrogens is 438 g/mol. The van der Waals surface area contributed by atoms with E-state index in [0.29, 0.717) is 43.1 Å². The summed E-state index contributed by atoms with van der Waals surface area (Å²) in [5.41, 5.74) is 2.71. The lowest BCUT2D eigenvalue weighted by Gasteiger charge is -2.39. The molecule has 1 saturated heterocycles. The summed E-state index contributed by atoms with van der Waals surface area (Å²) in [5, 5.41) is 5.75. The molecule has 2 aromatic rings. The second kappa shape index (κ2) is 15.2. The van der Waals surface area contributed by atoms with Crippen LogP contribution in [0.15, 0.2) is 30.5 Å². The molecule has 0 radical (unpaired) electrons. The molecule has 8 heteroatoms. The summed E-state index contributed by atoms with van der Waals surface area (Å²) in [6.45, 7) is 12.6. The smallest absolute Gasteiger partial charge is 0.319 e. The van der Waals surface area contributed by atoms with Gasteiger partial charge in [0.1, 0.15) is 18.2 Å². The van der Waals surface area contributed by atoms with Crippen LogP contribution in [0.25, 0.3) is 0 Å². The minimum atomic E-state index is -0.462. The van der Waals surface area contributed by atoms with E-state index in [9.17, 15) is 13.6 Å². The number of nitrogens with zero attached hydrogens (tertiary/aromatic N) is 2. The number of methoxy groups -OCH3 is 1. The SMILES string of the molecule is CC.CC.COc1cc(C)c(C2CN(CCF)CC[C@H]2NC(=O)Nc2ccc(C)nc2)c(F)c1.[HH].[HH]. The van der Waals surface area contributed by atoms with Crippen LogP contribution in [-0.2, 0) is 0 Å². The minimum Gasteiger partial charge on any atom is -0.497 e. The Labute approximate surface area is 206 Å². The predicted molar refractivity (Wildman–Crippen MR) is 139 cm³/mol. The maximum absolute atomic E-state index is 15.0. The number of urea groups is 1. The van der Waals surface area contributed by atoms with Gasteiger partial charge in [0, 0.05) is 46.2 Å². The van der Waals surface area contributed by atoms with Crippen LogP contribution in [0, 0.1) is 19.7 Å². The van der Waals surface area contributed by atoms with Crippen molar-refractivity contribution in [1.29, 1.82) is 0 Å². The van der Waals surface area contributed by atoms with Crippen molar-refractivity contribution in [2.45, 2.75) is 59.9 Å². The predicted octanol–water partition coefficient (Wildman–Crippen LogP) is 6.34. The van der Waals surface area contributed by atoms with Crippen molar-refractivity contribution in [3.05, 3.63) is 53.1 Å². The fraction of sp³-hybridized carbons (Fsp3) is 0.538. The molecule has 0 spiro atoms. The van der Waals surface area contributed by atoms with Gasteiger partial charge >= 0.3 is 6.03 Å². The van der Waals surface area contributed by atoms with Gasteiger partial charge in [0.2, 0.25) is 0 Å². The number of rotatable bonds is 6. The lowest BCUT2D eigenvalue weighted by Crippen LogP contribution is -2.51. The Bertz CT molecular complexity index is 866. The molecule has 2 N–H and O–H groups in total. The maximum atomic E-state index is 15.0. The van der Waals surface area contributed by atoms with Crippen LogP contribution in [0.5, 0.6) is 5.75 Å². The van der Waals surface area contributed by atoms with Crippen molar-refractivity contribution in [1.82, 2.24) is 15.2 Å². The topological polar surface area (TPSA) is 66.5 Å². The number of hydrogen-bond donors (Lipinski definition) is 2. The van der Waals surface area contributed by atoms with Crippen LogP contribution in [0.2, 0.25) is 0 Å². The van der Waals surface area contributed by atoms with E-state index in [1.54, 1.807) is 18.3 Å². The van der Waals surface area contributed by atoms with Gasteiger partial charge in [-0.05, 0) is 49.6 Å². The minimum absolute atomic E-state index is 0. The Morgan fingerprint density at radius 3 is 2.50 bits per heavy atom. The quantitative estimate of drug-likeness (QED) is 0.504. The molecule has 2 amide bonds. The number of hydrogen-bond acceptors (Lipinski definition) is 4. The number of amides is 2. The molecule has 1 unspecified atom stereocenters. The van der Waals surface area contributed by atoms with E-state index in [-0.39, 0.29) is 26.7 Å². The zero-order valence-electron chi connectivity index (χ0n) is 21.5. The average Bonchev–Trinajstić information content (AvgIpc) is 2.84. The lowest BCUT2D eigenvalue weighted by atomic mass is 9.83. The van der Waals surface area contributed by atoms with E-state index in [1.807, 2.05) is 52.5 Å². The summed E-state index contributed by atoms with van der Waals surface area (Å²) in [6.07, 6.45) is 2.18. The number of benzene rings is 1. The third kappa shape index (κ3) is 8.24. The standard InChI is InChI=1S/C22H28F2N4O2.2C2H6.2H2/c1-14-10-17(30-3)11-19(24)21(14)18-13-28(9-7-23)8-6-20(18)27-22(29)26-16-5-4-15(2)25-12-16;2*1-2;;/h4-5,10-12,18,20H,6-9,13H2,1-3H3,(H2,26,27,29);2*1-2H3;2*1H/t18?,20-;;;;/m1..../s1. The molecule has 1 aliphatic rings. The zero-order valence-corrected chi connectivity index (χ0v) is 21.5. The highest BCUT2D eigenvalue weighted by Crippen LogP contribution is 2.34. The first-order chi connectivity index (χ1) is 16.4. The van der Waals surface area contributed by atoms with Gasteiger partial charge in [-0.1, -0.05) is 27.7 Å². The number of halogens is 2. The third-order valence-corrected chi connectivity index (χ3v) is 5.50. The first-order valence-corrected chi connectivity index (χ1v) is 12.0. The number of anilines is 1. The normalized spacial score (nSPS) is 17.4. The van der Waals surface area contributed by atoms with Gasteiger partial charge in [0.05, 0.1) is 19.0 Å². The summed E-state index contributed by atoms with van der Waals surface area (Å²) in [5.74, 6) is -0.244. The molecule has 1 aliphatic heterocycles. The summed E-state index contributed by atoms with van der Waals surface area (Å²) in [7, 11) is 1.49. The number of ether oxygens (including phenoxy) is 1. The molecule has 0 saturated carbocycles. The highest BCUT2D eigenvalue weighted by molar-refractivity contribution is 5.89. The Morgan fingerprint density at radius 2 is 1.94 bits per heavy atom. The molecule has 6 nitrogen and oxygen atoms in total. The molecule has 1 aromatic carbocycles. The first kappa shape index (κ1) is 29.3. The summed E-state index contributed by atoms with van der Waals surface area (Å²) in [4.78, 5) is 18.7. The second-order valence-corrected chi connectivity index (χ2v) is 7.62. The van der Waals surface area contributed by atoms with Crippen molar-refractivity contribution >= 4 is 11.7 Å². The number of likely N-dealkylation sites (tertiary alicyclic amines) is 1. The Morgan fingerprint density at radius 1 is 1.24 bits per heavy atom. The highest BCUT2D eigenvalue weighted by atomic mass is 19.1. The van der Waals surface area contributed by atoms with Gasteiger partial charge in [-0.3, -0.25) is 9.88 Å². The second-order valence-electron chi connectivity index (χ2n) is 7.62. The van der Waals surface area contributed by atoms with Crippen LogP contribution in [0.4, 0.5) is 19.3 Å². The zero-order chi connectivity index (χ0) is 25.7. The van der Waals surface area contributed by atoms with Gasteiger partial charge in [-0.15, -0.1) is 0 Å². The Balaban J connectivity index is 0. The number of carbonyl (C=O) groups is 1. The first-order valence-electron chi connectivity index (χ1n) is 12.0. The summed E-state index contributed by atoms with van der Waals surface area (Å²) >= 11 is 0. The fourth-order valence-corrected chi connectivity index (χ4v) is 4.00. The van der Waals surface area contributed by atoms with Crippen LogP contribution < -0.4 is 15.4 Å². The van der Waals surface area contributed by atoms with E-state index in [4.69, 9.17) is 4.74 Å². The number of aromatic nitrogens is 1. The van der Waals surface area contributed by atoms with E-state index in [2.05, 4.69) is 15.6 Å². The third-order valence-electron chi connectivity index (χ3n) is 5.50. The molecular formula is C26H44F2N4O2. The van der Waals surface area contributed by atoms with Crippen molar-refractivity contribution in [2.24, 2.45) is 0 Å². The summed E-state index contributed by atoms with van der Waals surface area (Å²) < 4.78 is 33.1. The largest absolute Gasteiger partial charge is 0.497 e. The average molecular weight is 483 g/mol. The van der Waals surface area contributed by atoms with Gasteiger partial charge < -0.3 is 15.4 Å². The molecule has 2 atom stereocenters. The Hall–Kier alpha value is -2.74. The Kier molecular flexibility index (Phi) is 13.1. The monoisotopic (exact) mass is 482 g/mol. The van der Waals surface area contributed by atoms with Crippen molar-refractivity contribution in [2.75, 3.05) is 38.7 Å². The lowest BCUT2D eigenvalue weighted by molar-refractivity contribution is 0.163. The molecule has 0 bridgehead atoms. The number of nitrogens with one attached hydrogen (secondary N) is 2. The van der Waals surface area contributed by atoms with Crippen molar-refractivity contribution in [3.8, 4) is 5.75 Å². The van der Waals surface area contributed by atoms with Gasteiger partial charge in [-0.2, -0.15) is 0 Å². The summed E-state index contributed by atoms with van der Waals surface area (Å²) in [6, 6.07) is 6.05. The van der Waals surface area contributed by atoms with E-state index < -0.39 is 6.67 Å². The number of carbonyl (C=O) groups excluding carboxylic acids is 1. The van der Waals surface area contributed by atoms with Crippen LogP contribution >= 0.6 is 0 Å². The number of pyridine rings is 1. The molecule has 34 heavy (non-hydrogen) atoms. The molecule has 1 fully saturated rings. The molecule has 2 heterocycles. The van der Waals surface area contributed by atoms with Crippen LogP contribution in [0.1, 0.15) is 59.7 Å².